The molecule has 0 bridgehead atoms. The summed E-state index contributed by atoms with van der Waals surface area (Å²) in [6, 6.07) is 0. The van der Waals surface area contributed by atoms with Gasteiger partial charge in [0.25, 0.3) is 0 Å². The Kier molecular flexibility index (Phi) is 5.63. The average molecular weight is 270 g/mol. The van der Waals surface area contributed by atoms with Crippen LogP contribution in [0.25, 0.3) is 0 Å². The molecule has 1 saturated heterocycles. The second-order valence-corrected chi connectivity index (χ2v) is 6.07. The van der Waals surface area contributed by atoms with Crippen molar-refractivity contribution in [3.63, 3.8) is 0 Å². The zero-order valence-corrected chi connectivity index (χ0v) is 12.5. The molecule has 0 aromatic carbocycles. The maximum Gasteiger partial charge on any atom is 0.410 e. The van der Waals surface area contributed by atoms with E-state index in [1.165, 1.54) is 0 Å². The lowest BCUT2D eigenvalue weighted by Gasteiger charge is -2.33. The Morgan fingerprint density at radius 1 is 1.26 bits per heavy atom. The smallest absolute Gasteiger partial charge is 0.410 e. The van der Waals surface area contributed by atoms with Crippen LogP contribution in [-0.2, 0) is 9.53 Å². The number of carbonyl (C=O) groups is 2. The standard InChI is InChI=1S/C14H26N2O3/c1-5-15-12(17)10-11-6-8-16(9-7-11)13(18)19-14(2,3)4/h11H,5-10H2,1-4H3,(H,15,17). The van der Waals surface area contributed by atoms with Crippen LogP contribution in [-0.4, -0.2) is 42.1 Å². The molecule has 5 nitrogen and oxygen atoms in total. The second kappa shape index (κ2) is 6.78. The van der Waals surface area contributed by atoms with Crippen molar-refractivity contribution in [2.45, 2.75) is 52.6 Å². The number of ether oxygens (including phenoxy) is 1. The third kappa shape index (κ3) is 5.94. The van der Waals surface area contributed by atoms with Gasteiger partial charge in [0.1, 0.15) is 5.60 Å². The number of piperidine rings is 1. The Morgan fingerprint density at radius 3 is 2.32 bits per heavy atom. The van der Waals surface area contributed by atoms with Crippen molar-refractivity contribution < 1.29 is 14.3 Å². The summed E-state index contributed by atoms with van der Waals surface area (Å²) in [5.74, 6) is 0.489. The van der Waals surface area contributed by atoms with Crippen molar-refractivity contribution in [3.8, 4) is 0 Å². The van der Waals surface area contributed by atoms with E-state index in [9.17, 15) is 9.59 Å². The zero-order chi connectivity index (χ0) is 14.5. The first-order valence-corrected chi connectivity index (χ1v) is 7.06. The third-order valence-corrected chi connectivity index (χ3v) is 3.11. The summed E-state index contributed by atoms with van der Waals surface area (Å²) >= 11 is 0. The summed E-state index contributed by atoms with van der Waals surface area (Å²) in [5, 5.41) is 2.81. The molecule has 1 rings (SSSR count). The van der Waals surface area contributed by atoms with Crippen LogP contribution in [0.15, 0.2) is 0 Å². The van der Waals surface area contributed by atoms with Gasteiger partial charge in [0.2, 0.25) is 5.91 Å². The van der Waals surface area contributed by atoms with Crippen LogP contribution < -0.4 is 5.32 Å². The predicted molar refractivity (Wildman–Crippen MR) is 73.8 cm³/mol. The number of rotatable bonds is 3. The lowest BCUT2D eigenvalue weighted by atomic mass is 9.93. The normalized spacial score (nSPS) is 17.2. The lowest BCUT2D eigenvalue weighted by molar-refractivity contribution is -0.122. The summed E-state index contributed by atoms with van der Waals surface area (Å²) in [6.45, 7) is 9.56. The van der Waals surface area contributed by atoms with E-state index in [2.05, 4.69) is 5.32 Å². The summed E-state index contributed by atoms with van der Waals surface area (Å²) in [7, 11) is 0. The molecule has 0 atom stereocenters. The van der Waals surface area contributed by atoms with Gasteiger partial charge in [0, 0.05) is 26.1 Å². The number of nitrogens with one attached hydrogen (secondary N) is 1. The Balaban J connectivity index is 2.32. The van der Waals surface area contributed by atoms with E-state index in [1.54, 1.807) is 4.90 Å². The van der Waals surface area contributed by atoms with Gasteiger partial charge in [-0.25, -0.2) is 4.79 Å². The molecule has 2 amide bonds. The summed E-state index contributed by atoms with van der Waals surface area (Å²) in [4.78, 5) is 25.1. The molecule has 0 unspecified atom stereocenters. The molecule has 19 heavy (non-hydrogen) atoms. The Bertz CT molecular complexity index is 315. The summed E-state index contributed by atoms with van der Waals surface area (Å²) in [5.41, 5.74) is -0.449. The van der Waals surface area contributed by atoms with Gasteiger partial charge in [0.15, 0.2) is 0 Å². The van der Waals surface area contributed by atoms with Crippen molar-refractivity contribution in [1.29, 1.82) is 0 Å². The van der Waals surface area contributed by atoms with E-state index in [1.807, 2.05) is 27.7 Å². The van der Waals surface area contributed by atoms with Gasteiger partial charge in [-0.2, -0.15) is 0 Å². The Hall–Kier alpha value is -1.26. The number of hydrogen-bond acceptors (Lipinski definition) is 3. The van der Waals surface area contributed by atoms with Gasteiger partial charge >= 0.3 is 6.09 Å². The minimum Gasteiger partial charge on any atom is -0.444 e. The molecule has 0 spiro atoms. The molecule has 1 heterocycles. The van der Waals surface area contributed by atoms with Crippen LogP contribution in [0.3, 0.4) is 0 Å². The number of likely N-dealkylation sites (tertiary alicyclic amines) is 1. The van der Waals surface area contributed by atoms with Crippen molar-refractivity contribution >= 4 is 12.0 Å². The molecule has 1 fully saturated rings. The van der Waals surface area contributed by atoms with Gasteiger partial charge in [-0.3, -0.25) is 4.79 Å². The van der Waals surface area contributed by atoms with Crippen molar-refractivity contribution in [2.24, 2.45) is 5.92 Å². The van der Waals surface area contributed by atoms with Crippen LogP contribution in [0.1, 0.15) is 47.0 Å². The van der Waals surface area contributed by atoms with E-state index in [0.29, 0.717) is 32.0 Å². The fraction of sp³-hybridized carbons (Fsp3) is 0.857. The molecule has 0 aromatic heterocycles. The highest BCUT2D eigenvalue weighted by molar-refractivity contribution is 5.76. The van der Waals surface area contributed by atoms with Crippen molar-refractivity contribution in [1.82, 2.24) is 10.2 Å². The van der Waals surface area contributed by atoms with Gasteiger partial charge in [-0.05, 0) is 46.5 Å². The number of hydrogen-bond donors (Lipinski definition) is 1. The maximum atomic E-state index is 11.9. The second-order valence-electron chi connectivity index (χ2n) is 6.07. The van der Waals surface area contributed by atoms with Gasteiger partial charge in [0.05, 0.1) is 0 Å². The quantitative estimate of drug-likeness (QED) is 0.855. The highest BCUT2D eigenvalue weighted by Gasteiger charge is 2.27. The molecule has 0 radical (unpaired) electrons. The van der Waals surface area contributed by atoms with E-state index >= 15 is 0 Å². The number of nitrogens with zero attached hydrogens (tertiary/aromatic N) is 1. The molecule has 5 heteroatoms. The highest BCUT2D eigenvalue weighted by atomic mass is 16.6. The van der Waals surface area contributed by atoms with Crippen LogP contribution in [0.4, 0.5) is 4.79 Å². The first kappa shape index (κ1) is 15.8. The van der Waals surface area contributed by atoms with Crippen LogP contribution in [0.5, 0.6) is 0 Å². The zero-order valence-electron chi connectivity index (χ0n) is 12.5. The van der Waals surface area contributed by atoms with Crippen molar-refractivity contribution in [2.75, 3.05) is 19.6 Å². The molecule has 1 aliphatic heterocycles. The monoisotopic (exact) mass is 270 g/mol. The molecule has 0 saturated carbocycles. The largest absolute Gasteiger partial charge is 0.444 e. The lowest BCUT2D eigenvalue weighted by Crippen LogP contribution is -2.42. The van der Waals surface area contributed by atoms with E-state index < -0.39 is 5.60 Å². The number of amides is 2. The fourth-order valence-corrected chi connectivity index (χ4v) is 2.18. The Morgan fingerprint density at radius 2 is 1.84 bits per heavy atom. The van der Waals surface area contributed by atoms with Gasteiger partial charge in [-0.15, -0.1) is 0 Å². The topological polar surface area (TPSA) is 58.6 Å². The van der Waals surface area contributed by atoms with Crippen molar-refractivity contribution in [3.05, 3.63) is 0 Å². The molecular formula is C14H26N2O3. The minimum atomic E-state index is -0.449. The van der Waals surface area contributed by atoms with E-state index in [-0.39, 0.29) is 12.0 Å². The van der Waals surface area contributed by atoms with Crippen LogP contribution in [0.2, 0.25) is 0 Å². The van der Waals surface area contributed by atoms with E-state index in [4.69, 9.17) is 4.74 Å². The molecule has 0 aromatic rings. The summed E-state index contributed by atoms with van der Waals surface area (Å²) < 4.78 is 5.34. The van der Waals surface area contributed by atoms with Gasteiger partial charge in [-0.1, -0.05) is 0 Å². The molecular weight excluding hydrogens is 244 g/mol. The molecule has 110 valence electrons. The third-order valence-electron chi connectivity index (χ3n) is 3.11. The predicted octanol–water partition coefficient (Wildman–Crippen LogP) is 2.16. The molecule has 1 N–H and O–H groups in total. The first-order valence-electron chi connectivity index (χ1n) is 7.06. The highest BCUT2D eigenvalue weighted by Crippen LogP contribution is 2.22. The summed E-state index contributed by atoms with van der Waals surface area (Å²) in [6.07, 6.45) is 2.06. The Labute approximate surface area is 115 Å². The molecule has 0 aliphatic carbocycles. The minimum absolute atomic E-state index is 0.109. The van der Waals surface area contributed by atoms with Gasteiger partial charge < -0.3 is 15.0 Å². The van der Waals surface area contributed by atoms with E-state index in [0.717, 1.165) is 12.8 Å². The van der Waals surface area contributed by atoms with Crippen LogP contribution in [0, 0.1) is 5.92 Å². The maximum absolute atomic E-state index is 11.9. The average Bonchev–Trinajstić information content (AvgIpc) is 2.27. The fourth-order valence-electron chi connectivity index (χ4n) is 2.18. The first-order chi connectivity index (χ1) is 8.81. The number of carbonyl (C=O) groups excluding carboxylic acids is 2. The van der Waals surface area contributed by atoms with Crippen LogP contribution >= 0.6 is 0 Å². The SMILES string of the molecule is CCNC(=O)CC1CCN(C(=O)OC(C)(C)C)CC1. The molecule has 1 aliphatic rings.